The summed E-state index contributed by atoms with van der Waals surface area (Å²) in [5.41, 5.74) is 2.41. The Bertz CT molecular complexity index is 737. The van der Waals surface area contributed by atoms with E-state index < -0.39 is 0 Å². The minimum atomic E-state index is -0.0114. The standard InChI is InChI=1S/C19H19NO3S/c21-19(18-12-14-3-1-2-4-17(14)24-18)20-8-7-13-5-6-15-16(11-13)23-10-9-22-15/h1-6,11,18H,7-10,12H2,(H,20,21). The van der Waals surface area contributed by atoms with E-state index in [0.29, 0.717) is 19.8 Å². The van der Waals surface area contributed by atoms with Crippen LogP contribution >= 0.6 is 11.8 Å². The van der Waals surface area contributed by atoms with Crippen molar-refractivity contribution in [1.82, 2.24) is 5.32 Å². The first-order valence-electron chi connectivity index (χ1n) is 8.20. The van der Waals surface area contributed by atoms with Gasteiger partial charge < -0.3 is 14.8 Å². The van der Waals surface area contributed by atoms with Crippen molar-refractivity contribution in [3.8, 4) is 11.5 Å². The van der Waals surface area contributed by atoms with Gasteiger partial charge in [0.1, 0.15) is 13.2 Å². The van der Waals surface area contributed by atoms with Crippen LogP contribution in [0.4, 0.5) is 0 Å². The molecule has 2 aliphatic heterocycles. The fourth-order valence-corrected chi connectivity index (χ4v) is 4.24. The lowest BCUT2D eigenvalue weighted by molar-refractivity contribution is -0.120. The fraction of sp³-hybridized carbons (Fsp3) is 0.316. The summed E-state index contributed by atoms with van der Waals surface area (Å²) in [5, 5.41) is 3.04. The van der Waals surface area contributed by atoms with Crippen molar-refractivity contribution in [1.29, 1.82) is 0 Å². The summed E-state index contributed by atoms with van der Waals surface area (Å²) in [4.78, 5) is 13.6. The quantitative estimate of drug-likeness (QED) is 0.929. The first kappa shape index (κ1) is 15.4. The van der Waals surface area contributed by atoms with E-state index in [-0.39, 0.29) is 11.2 Å². The molecule has 0 saturated heterocycles. The summed E-state index contributed by atoms with van der Waals surface area (Å²) in [6.07, 6.45) is 1.60. The van der Waals surface area contributed by atoms with Crippen LogP contribution in [0.25, 0.3) is 0 Å². The summed E-state index contributed by atoms with van der Waals surface area (Å²) in [5.74, 6) is 1.72. The lowest BCUT2D eigenvalue weighted by Gasteiger charge is -2.19. The number of hydrogen-bond donors (Lipinski definition) is 1. The van der Waals surface area contributed by atoms with E-state index in [4.69, 9.17) is 9.47 Å². The zero-order valence-corrected chi connectivity index (χ0v) is 14.1. The molecule has 1 atom stereocenters. The third-order valence-electron chi connectivity index (χ3n) is 4.26. The largest absolute Gasteiger partial charge is 0.486 e. The topological polar surface area (TPSA) is 47.6 Å². The molecule has 4 rings (SSSR count). The van der Waals surface area contributed by atoms with E-state index in [1.54, 1.807) is 11.8 Å². The lowest BCUT2D eigenvalue weighted by atomic mass is 10.1. The molecular formula is C19H19NO3S. The van der Waals surface area contributed by atoms with Gasteiger partial charge in [-0.2, -0.15) is 0 Å². The van der Waals surface area contributed by atoms with Gasteiger partial charge >= 0.3 is 0 Å². The van der Waals surface area contributed by atoms with Gasteiger partial charge in [0.05, 0.1) is 5.25 Å². The average molecular weight is 341 g/mol. The number of carbonyl (C=O) groups excluding carboxylic acids is 1. The number of hydrogen-bond acceptors (Lipinski definition) is 4. The van der Waals surface area contributed by atoms with Gasteiger partial charge in [0.2, 0.25) is 5.91 Å². The molecule has 0 aromatic heterocycles. The van der Waals surface area contributed by atoms with E-state index in [1.165, 1.54) is 10.5 Å². The van der Waals surface area contributed by atoms with Crippen LogP contribution in [0.2, 0.25) is 0 Å². The number of nitrogens with one attached hydrogen (secondary N) is 1. The molecule has 5 heteroatoms. The second kappa shape index (κ2) is 6.77. The molecule has 0 spiro atoms. The van der Waals surface area contributed by atoms with Crippen molar-refractivity contribution in [2.45, 2.75) is 23.0 Å². The van der Waals surface area contributed by atoms with Gasteiger partial charge in [-0.3, -0.25) is 4.79 Å². The van der Waals surface area contributed by atoms with Crippen LogP contribution in [0.3, 0.4) is 0 Å². The normalized spacial score (nSPS) is 18.1. The molecule has 0 fully saturated rings. The maximum Gasteiger partial charge on any atom is 0.233 e. The summed E-state index contributed by atoms with van der Waals surface area (Å²) in [6.45, 7) is 1.82. The first-order chi connectivity index (χ1) is 11.8. The highest BCUT2D eigenvalue weighted by Crippen LogP contribution is 2.36. The average Bonchev–Trinajstić information content (AvgIpc) is 3.06. The van der Waals surface area contributed by atoms with Crippen LogP contribution < -0.4 is 14.8 Å². The Labute approximate surface area is 145 Å². The van der Waals surface area contributed by atoms with Gasteiger partial charge in [-0.15, -0.1) is 11.8 Å². The molecule has 2 heterocycles. The zero-order valence-electron chi connectivity index (χ0n) is 13.3. The molecule has 0 radical (unpaired) electrons. The molecule has 0 saturated carbocycles. The molecule has 1 unspecified atom stereocenters. The van der Waals surface area contributed by atoms with Gasteiger partial charge in [0.15, 0.2) is 11.5 Å². The molecule has 2 aromatic rings. The van der Waals surface area contributed by atoms with Crippen molar-refractivity contribution in [2.75, 3.05) is 19.8 Å². The van der Waals surface area contributed by atoms with Gasteiger partial charge in [0.25, 0.3) is 0 Å². The molecule has 4 nitrogen and oxygen atoms in total. The van der Waals surface area contributed by atoms with Crippen molar-refractivity contribution < 1.29 is 14.3 Å². The summed E-state index contributed by atoms with van der Waals surface area (Å²) in [6, 6.07) is 14.2. The summed E-state index contributed by atoms with van der Waals surface area (Å²) in [7, 11) is 0. The van der Waals surface area contributed by atoms with Crippen LogP contribution in [-0.2, 0) is 17.6 Å². The number of thioether (sulfide) groups is 1. The molecule has 0 bridgehead atoms. The van der Waals surface area contributed by atoms with Crippen LogP contribution in [0.1, 0.15) is 11.1 Å². The van der Waals surface area contributed by atoms with Gasteiger partial charge in [-0.25, -0.2) is 0 Å². The molecule has 0 aliphatic carbocycles. The van der Waals surface area contributed by atoms with Crippen LogP contribution in [0.5, 0.6) is 11.5 Å². The SMILES string of the molecule is O=C(NCCc1ccc2c(c1)OCCO2)C1Cc2ccccc2S1. The van der Waals surface area contributed by atoms with Crippen molar-refractivity contribution in [3.63, 3.8) is 0 Å². The van der Waals surface area contributed by atoms with E-state index >= 15 is 0 Å². The van der Waals surface area contributed by atoms with E-state index in [0.717, 1.165) is 29.9 Å². The summed E-state index contributed by atoms with van der Waals surface area (Å²) >= 11 is 1.66. The van der Waals surface area contributed by atoms with Gasteiger partial charge in [-0.05, 0) is 42.2 Å². The number of ether oxygens (including phenoxy) is 2. The minimum absolute atomic E-state index is 0.0114. The number of fused-ring (bicyclic) bond motifs is 2. The maximum absolute atomic E-state index is 12.4. The monoisotopic (exact) mass is 341 g/mol. The highest BCUT2D eigenvalue weighted by molar-refractivity contribution is 8.01. The van der Waals surface area contributed by atoms with E-state index in [2.05, 4.69) is 17.4 Å². The van der Waals surface area contributed by atoms with E-state index in [9.17, 15) is 4.79 Å². The summed E-state index contributed by atoms with van der Waals surface area (Å²) < 4.78 is 11.1. The number of amides is 1. The smallest absolute Gasteiger partial charge is 0.233 e. The number of benzene rings is 2. The molecule has 1 amide bonds. The maximum atomic E-state index is 12.4. The number of carbonyl (C=O) groups is 1. The molecule has 124 valence electrons. The zero-order chi connectivity index (χ0) is 16.4. The highest BCUT2D eigenvalue weighted by Gasteiger charge is 2.27. The molecule has 24 heavy (non-hydrogen) atoms. The predicted octanol–water partition coefficient (Wildman–Crippen LogP) is 2.83. The van der Waals surface area contributed by atoms with Crippen molar-refractivity contribution >= 4 is 17.7 Å². The molecule has 1 N–H and O–H groups in total. The molecular weight excluding hydrogens is 322 g/mol. The predicted molar refractivity (Wildman–Crippen MR) is 93.9 cm³/mol. The van der Waals surface area contributed by atoms with Gasteiger partial charge in [0, 0.05) is 11.4 Å². The van der Waals surface area contributed by atoms with Crippen molar-refractivity contribution in [3.05, 3.63) is 53.6 Å². The second-order valence-corrected chi connectivity index (χ2v) is 7.18. The molecule has 2 aliphatic rings. The first-order valence-corrected chi connectivity index (χ1v) is 9.08. The van der Waals surface area contributed by atoms with E-state index in [1.807, 2.05) is 30.3 Å². The van der Waals surface area contributed by atoms with Crippen LogP contribution in [0, 0.1) is 0 Å². The Kier molecular flexibility index (Phi) is 4.34. The van der Waals surface area contributed by atoms with Crippen LogP contribution in [0.15, 0.2) is 47.4 Å². The lowest BCUT2D eigenvalue weighted by Crippen LogP contribution is -2.33. The Morgan fingerprint density at radius 2 is 1.96 bits per heavy atom. The Morgan fingerprint density at radius 3 is 2.83 bits per heavy atom. The number of rotatable bonds is 4. The molecule has 2 aromatic carbocycles. The van der Waals surface area contributed by atoms with Crippen LogP contribution in [-0.4, -0.2) is 30.9 Å². The second-order valence-electron chi connectivity index (χ2n) is 5.94. The van der Waals surface area contributed by atoms with Gasteiger partial charge in [-0.1, -0.05) is 24.3 Å². The fourth-order valence-electron chi connectivity index (χ4n) is 3.02. The Morgan fingerprint density at radius 1 is 1.12 bits per heavy atom. The Hall–Kier alpha value is -2.14. The Balaban J connectivity index is 1.29. The van der Waals surface area contributed by atoms with Crippen molar-refractivity contribution in [2.24, 2.45) is 0 Å². The third-order valence-corrected chi connectivity index (χ3v) is 5.58. The highest BCUT2D eigenvalue weighted by atomic mass is 32.2. The minimum Gasteiger partial charge on any atom is -0.486 e. The third kappa shape index (κ3) is 3.22.